The molecule has 2 aromatic rings. The molecule has 1 aromatic heterocycles. The summed E-state index contributed by atoms with van der Waals surface area (Å²) >= 11 is 0. The Balaban J connectivity index is 1.34. The van der Waals surface area contributed by atoms with Gasteiger partial charge in [-0.05, 0) is 57.4 Å². The van der Waals surface area contributed by atoms with E-state index in [4.69, 9.17) is 4.74 Å². The number of aromatic nitrogens is 4. The summed E-state index contributed by atoms with van der Waals surface area (Å²) in [6, 6.07) is 7.56. The van der Waals surface area contributed by atoms with Crippen molar-refractivity contribution in [1.29, 1.82) is 5.26 Å². The molecule has 4 atom stereocenters. The molecule has 200 valence electrons. The highest BCUT2D eigenvalue weighted by molar-refractivity contribution is 6.04. The van der Waals surface area contributed by atoms with Crippen LogP contribution in [-0.2, 0) is 14.3 Å². The standard InChI is InChI=1S/C25H31N9O4/c1-25(2,3)38-24(37)27-18(22(35)33-10-6-7-15(33)12-26)14-32-13-16-11-20(32)23(36)34(16)19-9-5-4-8-17(19)21-28-30-31-29-21/h4-5,8-9,15-16,18,20H,6-7,10-11,13-14H2,1-3H3,(H,27,37)(H,28,29,30,31)/t15-,16+,18-,20+/m0/s1. The SMILES string of the molecule is CC(C)(C)OC(=O)N[C@@H](CN1C[C@H]2C[C@@H]1C(=O)N2c1ccccc1-c1nn[nH]n1)C(=O)N1CCC[C@H]1C#N. The van der Waals surface area contributed by atoms with Gasteiger partial charge in [-0.15, -0.1) is 10.2 Å². The van der Waals surface area contributed by atoms with Crippen molar-refractivity contribution in [3.8, 4) is 17.5 Å². The Kier molecular flexibility index (Phi) is 6.75. The third kappa shape index (κ3) is 4.91. The van der Waals surface area contributed by atoms with Gasteiger partial charge in [-0.3, -0.25) is 14.5 Å². The second kappa shape index (κ2) is 10.0. The molecule has 3 saturated heterocycles. The topological polar surface area (TPSA) is 160 Å². The molecular formula is C25H31N9O4. The van der Waals surface area contributed by atoms with Gasteiger partial charge in [-0.25, -0.2) is 4.79 Å². The maximum absolute atomic E-state index is 13.6. The molecule has 2 N–H and O–H groups in total. The lowest BCUT2D eigenvalue weighted by Gasteiger charge is -2.37. The fraction of sp³-hybridized carbons (Fsp3) is 0.560. The van der Waals surface area contributed by atoms with E-state index in [-0.39, 0.29) is 24.4 Å². The van der Waals surface area contributed by atoms with Gasteiger partial charge >= 0.3 is 6.09 Å². The van der Waals surface area contributed by atoms with Crippen molar-refractivity contribution < 1.29 is 19.1 Å². The van der Waals surface area contributed by atoms with Crippen LogP contribution in [0.25, 0.3) is 11.4 Å². The number of piperazine rings is 1. The van der Waals surface area contributed by atoms with E-state index < -0.39 is 29.8 Å². The predicted octanol–water partition coefficient (Wildman–Crippen LogP) is 1.06. The normalized spacial score (nSPS) is 23.9. The van der Waals surface area contributed by atoms with Crippen LogP contribution in [0.5, 0.6) is 0 Å². The van der Waals surface area contributed by atoms with E-state index >= 15 is 0 Å². The summed E-state index contributed by atoms with van der Waals surface area (Å²) in [7, 11) is 0. The maximum atomic E-state index is 13.6. The number of hydrogen-bond donors (Lipinski definition) is 2. The summed E-state index contributed by atoms with van der Waals surface area (Å²) in [6.07, 6.45) is 1.21. The van der Waals surface area contributed by atoms with E-state index in [0.29, 0.717) is 43.0 Å². The van der Waals surface area contributed by atoms with Gasteiger partial charge in [0.05, 0.1) is 23.8 Å². The summed E-state index contributed by atoms with van der Waals surface area (Å²) < 4.78 is 5.41. The number of nitriles is 1. The lowest BCUT2D eigenvalue weighted by molar-refractivity contribution is -0.135. The van der Waals surface area contributed by atoms with E-state index in [2.05, 4.69) is 32.0 Å². The van der Waals surface area contributed by atoms with Crippen LogP contribution in [0.3, 0.4) is 0 Å². The van der Waals surface area contributed by atoms with Gasteiger partial charge < -0.3 is 19.9 Å². The van der Waals surface area contributed by atoms with Crippen LogP contribution >= 0.6 is 0 Å². The first-order valence-corrected chi connectivity index (χ1v) is 12.8. The number of para-hydroxylation sites is 1. The molecule has 3 amide bonds. The van der Waals surface area contributed by atoms with Gasteiger partial charge in [0.25, 0.3) is 0 Å². The number of anilines is 1. The number of aromatic amines is 1. The zero-order chi connectivity index (χ0) is 27.0. The Morgan fingerprint density at radius 3 is 2.79 bits per heavy atom. The minimum atomic E-state index is -0.953. The average Bonchev–Trinajstić information content (AvgIpc) is 3.66. The largest absolute Gasteiger partial charge is 0.444 e. The average molecular weight is 522 g/mol. The number of carbonyl (C=O) groups excluding carboxylic acids is 3. The molecule has 0 unspecified atom stereocenters. The van der Waals surface area contributed by atoms with Crippen molar-refractivity contribution >= 4 is 23.6 Å². The lowest BCUT2D eigenvalue weighted by Crippen LogP contribution is -2.59. The van der Waals surface area contributed by atoms with Crippen molar-refractivity contribution in [1.82, 2.24) is 35.7 Å². The number of ether oxygens (including phenoxy) is 1. The summed E-state index contributed by atoms with van der Waals surface area (Å²) in [5, 5.41) is 26.4. The van der Waals surface area contributed by atoms with Gasteiger partial charge in [-0.2, -0.15) is 10.5 Å². The van der Waals surface area contributed by atoms with Gasteiger partial charge in [0.1, 0.15) is 17.7 Å². The van der Waals surface area contributed by atoms with Crippen molar-refractivity contribution in [3.63, 3.8) is 0 Å². The first-order chi connectivity index (χ1) is 18.2. The highest BCUT2D eigenvalue weighted by Crippen LogP contribution is 2.39. The second-order valence-corrected chi connectivity index (χ2v) is 10.8. The molecule has 13 nitrogen and oxygen atoms in total. The quantitative estimate of drug-likeness (QED) is 0.566. The van der Waals surface area contributed by atoms with Crippen molar-refractivity contribution in [2.45, 2.75) is 69.8 Å². The molecular weight excluding hydrogens is 490 g/mol. The van der Waals surface area contributed by atoms with Crippen LogP contribution in [0.4, 0.5) is 10.5 Å². The number of benzene rings is 1. The summed E-state index contributed by atoms with van der Waals surface area (Å²) in [5.74, 6) is -0.0240. The number of rotatable bonds is 6. The Hall–Kier alpha value is -4.05. The Morgan fingerprint density at radius 1 is 1.32 bits per heavy atom. The Bertz CT molecular complexity index is 1250. The highest BCUT2D eigenvalue weighted by atomic mass is 16.6. The van der Waals surface area contributed by atoms with Crippen LogP contribution < -0.4 is 10.2 Å². The van der Waals surface area contributed by atoms with Crippen molar-refractivity contribution in [2.75, 3.05) is 24.5 Å². The molecule has 0 spiro atoms. The molecule has 0 aliphatic carbocycles. The molecule has 38 heavy (non-hydrogen) atoms. The molecule has 3 aliphatic rings. The molecule has 5 rings (SSSR count). The fourth-order valence-electron chi connectivity index (χ4n) is 5.56. The number of alkyl carbamates (subject to hydrolysis) is 1. The smallest absolute Gasteiger partial charge is 0.408 e. The van der Waals surface area contributed by atoms with Crippen molar-refractivity contribution in [3.05, 3.63) is 24.3 Å². The minimum Gasteiger partial charge on any atom is -0.444 e. The Morgan fingerprint density at radius 2 is 2.11 bits per heavy atom. The van der Waals surface area contributed by atoms with Crippen molar-refractivity contribution in [2.24, 2.45) is 0 Å². The lowest BCUT2D eigenvalue weighted by atomic mass is 10.1. The van der Waals surface area contributed by atoms with Gasteiger partial charge in [0, 0.05) is 25.2 Å². The van der Waals surface area contributed by atoms with Gasteiger partial charge in [0.2, 0.25) is 17.6 Å². The van der Waals surface area contributed by atoms with E-state index in [1.165, 1.54) is 4.90 Å². The molecule has 1 aromatic carbocycles. The third-order valence-corrected chi connectivity index (χ3v) is 7.11. The van der Waals surface area contributed by atoms with Crippen LogP contribution in [0.15, 0.2) is 24.3 Å². The monoisotopic (exact) mass is 521 g/mol. The third-order valence-electron chi connectivity index (χ3n) is 7.11. The first kappa shape index (κ1) is 25.6. The fourth-order valence-corrected chi connectivity index (χ4v) is 5.56. The zero-order valence-corrected chi connectivity index (χ0v) is 21.6. The van der Waals surface area contributed by atoms with E-state index in [1.54, 1.807) is 25.7 Å². The number of tetrazole rings is 1. The number of hydrogen-bond acceptors (Lipinski definition) is 9. The summed E-state index contributed by atoms with van der Waals surface area (Å²) in [4.78, 5) is 45.0. The number of amides is 3. The van der Waals surface area contributed by atoms with Crippen LogP contribution in [0.1, 0.15) is 40.0 Å². The number of fused-ring (bicyclic) bond motifs is 2. The number of nitrogens with zero attached hydrogens (tertiary/aromatic N) is 7. The number of nitrogens with one attached hydrogen (secondary N) is 2. The van der Waals surface area contributed by atoms with E-state index in [9.17, 15) is 19.6 Å². The molecule has 4 heterocycles. The van der Waals surface area contributed by atoms with Gasteiger partial charge in [0.15, 0.2) is 0 Å². The van der Waals surface area contributed by atoms with Crippen LogP contribution in [-0.4, -0.2) is 97.7 Å². The number of H-pyrrole nitrogens is 1. The molecule has 3 fully saturated rings. The predicted molar refractivity (Wildman–Crippen MR) is 134 cm³/mol. The Labute approximate surface area is 220 Å². The second-order valence-electron chi connectivity index (χ2n) is 10.8. The van der Waals surface area contributed by atoms with Crippen LogP contribution in [0.2, 0.25) is 0 Å². The zero-order valence-electron chi connectivity index (χ0n) is 21.6. The molecule has 2 bridgehead atoms. The molecule has 0 saturated carbocycles. The minimum absolute atomic E-state index is 0.0864. The molecule has 3 aliphatic heterocycles. The maximum Gasteiger partial charge on any atom is 0.408 e. The highest BCUT2D eigenvalue weighted by Gasteiger charge is 2.51. The van der Waals surface area contributed by atoms with E-state index in [1.807, 2.05) is 29.2 Å². The van der Waals surface area contributed by atoms with Crippen LogP contribution in [0, 0.1) is 11.3 Å². The summed E-state index contributed by atoms with van der Waals surface area (Å²) in [6.45, 7) is 6.35. The number of carbonyl (C=O) groups is 3. The van der Waals surface area contributed by atoms with Gasteiger partial charge in [-0.1, -0.05) is 12.1 Å². The molecule has 13 heteroatoms. The molecule has 0 radical (unpaired) electrons. The van der Waals surface area contributed by atoms with E-state index in [0.717, 1.165) is 6.42 Å². The first-order valence-electron chi connectivity index (χ1n) is 12.8. The summed E-state index contributed by atoms with van der Waals surface area (Å²) in [5.41, 5.74) is 0.667. The number of likely N-dealkylation sites (tertiary alicyclic amines) is 2.